The number of halogens is 1. The lowest BCUT2D eigenvalue weighted by Crippen LogP contribution is -2.13. The summed E-state index contributed by atoms with van der Waals surface area (Å²) in [5, 5.41) is 3.33. The van der Waals surface area contributed by atoms with Gasteiger partial charge < -0.3 is 5.32 Å². The van der Waals surface area contributed by atoms with Gasteiger partial charge in [0.2, 0.25) is 5.91 Å². The molecule has 5 nitrogen and oxygen atoms in total. The van der Waals surface area contributed by atoms with E-state index < -0.39 is 0 Å². The lowest BCUT2D eigenvalue weighted by atomic mass is 10.00. The normalized spacial score (nSPS) is 13.7. The number of aliphatic imine (C=N–C) groups is 1. The Hall–Kier alpha value is -2.53. The highest BCUT2D eigenvalue weighted by Crippen LogP contribution is 2.29. The van der Waals surface area contributed by atoms with Crippen LogP contribution in [0.5, 0.6) is 0 Å². The zero-order chi connectivity index (χ0) is 15.7. The van der Waals surface area contributed by atoms with Gasteiger partial charge in [-0.15, -0.1) is 0 Å². The molecule has 0 unspecified atom stereocenters. The average molecular weight is 315 g/mol. The van der Waals surface area contributed by atoms with E-state index in [9.17, 15) is 9.70 Å². The molecule has 0 saturated carbocycles. The Morgan fingerprint density at radius 2 is 1.95 bits per heavy atom. The first-order valence-corrected chi connectivity index (χ1v) is 7.08. The third-order valence-corrected chi connectivity index (χ3v) is 3.74. The number of carbonyl (C=O) groups is 1. The van der Waals surface area contributed by atoms with Crippen LogP contribution in [0.3, 0.4) is 0 Å². The SMILES string of the molecule is C[N+](=O)c1ccc2c(c1)C(c1ccccc1Cl)=NCC(=O)N2. The monoisotopic (exact) mass is 314 g/mol. The van der Waals surface area contributed by atoms with E-state index in [1.54, 1.807) is 24.3 Å². The Balaban J connectivity index is 2.23. The van der Waals surface area contributed by atoms with Gasteiger partial charge in [-0.25, -0.2) is 0 Å². The zero-order valence-electron chi connectivity index (χ0n) is 11.8. The topological polar surface area (TPSA) is 61.5 Å². The maximum atomic E-state index is 11.8. The fourth-order valence-electron chi connectivity index (χ4n) is 2.34. The summed E-state index contributed by atoms with van der Waals surface area (Å²) in [6, 6.07) is 12.4. The van der Waals surface area contributed by atoms with Crippen molar-refractivity contribution in [1.82, 2.24) is 0 Å². The van der Waals surface area contributed by atoms with Gasteiger partial charge in [-0.2, -0.15) is 0 Å². The van der Waals surface area contributed by atoms with Gasteiger partial charge in [0.1, 0.15) is 6.54 Å². The highest BCUT2D eigenvalue weighted by molar-refractivity contribution is 6.36. The molecule has 2 aromatic rings. The predicted molar refractivity (Wildman–Crippen MR) is 86.2 cm³/mol. The molecule has 0 spiro atoms. The molecule has 0 radical (unpaired) electrons. The summed E-state index contributed by atoms with van der Waals surface area (Å²) in [6.07, 6.45) is 0. The Morgan fingerprint density at radius 1 is 1.18 bits per heavy atom. The first kappa shape index (κ1) is 14.4. The van der Waals surface area contributed by atoms with Gasteiger partial charge >= 0.3 is 0 Å². The van der Waals surface area contributed by atoms with Crippen molar-refractivity contribution in [3.63, 3.8) is 0 Å². The number of anilines is 1. The Labute approximate surface area is 132 Å². The second-order valence-electron chi connectivity index (χ2n) is 4.92. The fraction of sp³-hybridized carbons (Fsp3) is 0.125. The number of benzodiazepines with no additional fused rings is 1. The number of nitroso groups, excluding NO2 is 1. The lowest BCUT2D eigenvalue weighted by molar-refractivity contribution is -0.428. The summed E-state index contributed by atoms with van der Waals surface area (Å²) in [5.41, 5.74) is 3.11. The number of hydrogen-bond acceptors (Lipinski definition) is 3. The van der Waals surface area contributed by atoms with E-state index >= 15 is 0 Å². The second-order valence-corrected chi connectivity index (χ2v) is 5.33. The summed E-state index contributed by atoms with van der Waals surface area (Å²) >= 11 is 6.26. The number of hydrogen-bond donors (Lipinski definition) is 1. The zero-order valence-corrected chi connectivity index (χ0v) is 12.6. The average Bonchev–Trinajstić information content (AvgIpc) is 2.65. The molecule has 3 rings (SSSR count). The molecule has 22 heavy (non-hydrogen) atoms. The molecule has 0 saturated heterocycles. The van der Waals surface area contributed by atoms with Crippen LogP contribution in [0.25, 0.3) is 0 Å². The number of fused-ring (bicyclic) bond motifs is 1. The third kappa shape index (κ3) is 2.63. The van der Waals surface area contributed by atoms with E-state index in [-0.39, 0.29) is 12.5 Å². The van der Waals surface area contributed by atoms with E-state index in [4.69, 9.17) is 11.6 Å². The van der Waals surface area contributed by atoms with Gasteiger partial charge in [-0.05, 0) is 12.1 Å². The molecule has 0 bridgehead atoms. The van der Waals surface area contributed by atoms with Crippen molar-refractivity contribution < 1.29 is 9.55 Å². The largest absolute Gasteiger partial charge is 0.324 e. The van der Waals surface area contributed by atoms with Gasteiger partial charge in [0.25, 0.3) is 5.69 Å². The molecular formula is C16H13ClN3O2+. The summed E-state index contributed by atoms with van der Waals surface area (Å²) in [7, 11) is 1.42. The standard InChI is InChI=1S/C16H12ClN3O2/c1-20(22)10-6-7-14-12(8-10)16(18-9-15(21)19-14)11-4-2-3-5-13(11)17/h2-8H,9H2,1H3/p+1. The molecule has 0 fully saturated rings. The van der Waals surface area contributed by atoms with Crippen molar-refractivity contribution in [2.45, 2.75) is 0 Å². The van der Waals surface area contributed by atoms with Crippen molar-refractivity contribution in [1.29, 1.82) is 0 Å². The van der Waals surface area contributed by atoms with Gasteiger partial charge in [-0.3, -0.25) is 9.79 Å². The summed E-state index contributed by atoms with van der Waals surface area (Å²) in [6.45, 7) is 0.0117. The van der Waals surface area contributed by atoms with E-state index in [1.165, 1.54) is 7.05 Å². The molecule has 1 heterocycles. The minimum atomic E-state index is -0.202. The Kier molecular flexibility index (Phi) is 3.73. The van der Waals surface area contributed by atoms with Crippen molar-refractivity contribution in [2.75, 3.05) is 18.9 Å². The lowest BCUT2D eigenvalue weighted by Gasteiger charge is -2.10. The molecule has 0 aliphatic carbocycles. The molecular weight excluding hydrogens is 302 g/mol. The maximum Gasteiger partial charge on any atom is 0.256 e. The molecule has 1 N–H and O–H groups in total. The van der Waals surface area contributed by atoms with Crippen LogP contribution in [-0.4, -0.2) is 30.0 Å². The van der Waals surface area contributed by atoms with Gasteiger partial charge in [0, 0.05) is 37.9 Å². The van der Waals surface area contributed by atoms with Crippen molar-refractivity contribution in [2.24, 2.45) is 4.99 Å². The minimum Gasteiger partial charge on any atom is -0.324 e. The van der Waals surface area contributed by atoms with Crippen molar-refractivity contribution >= 4 is 34.6 Å². The highest BCUT2D eigenvalue weighted by atomic mass is 35.5. The van der Waals surface area contributed by atoms with Crippen LogP contribution < -0.4 is 5.32 Å². The summed E-state index contributed by atoms with van der Waals surface area (Å²) in [5.74, 6) is -0.202. The molecule has 2 aromatic carbocycles. The number of amides is 1. The van der Waals surface area contributed by atoms with Gasteiger partial charge in [-0.1, -0.05) is 29.8 Å². The first-order chi connectivity index (χ1) is 10.6. The first-order valence-electron chi connectivity index (χ1n) is 6.71. The minimum absolute atomic E-state index is 0.0117. The van der Waals surface area contributed by atoms with Crippen LogP contribution in [0.4, 0.5) is 11.4 Å². The smallest absolute Gasteiger partial charge is 0.256 e. The second kappa shape index (κ2) is 5.69. The van der Waals surface area contributed by atoms with Crippen LogP contribution in [0, 0.1) is 4.91 Å². The molecule has 1 aliphatic heterocycles. The van der Waals surface area contributed by atoms with Crippen LogP contribution in [-0.2, 0) is 4.79 Å². The number of benzene rings is 2. The maximum absolute atomic E-state index is 11.8. The Morgan fingerprint density at radius 3 is 2.68 bits per heavy atom. The van der Waals surface area contributed by atoms with Crippen LogP contribution >= 0.6 is 11.6 Å². The third-order valence-electron chi connectivity index (χ3n) is 3.41. The number of rotatable bonds is 2. The van der Waals surface area contributed by atoms with E-state index in [0.717, 1.165) is 10.3 Å². The highest BCUT2D eigenvalue weighted by Gasteiger charge is 2.22. The molecule has 0 aromatic heterocycles. The van der Waals surface area contributed by atoms with E-state index in [1.807, 2.05) is 18.2 Å². The van der Waals surface area contributed by atoms with Crippen molar-refractivity contribution in [3.8, 4) is 0 Å². The molecule has 0 atom stereocenters. The number of carbonyl (C=O) groups excluding carboxylic acids is 1. The van der Waals surface area contributed by atoms with Crippen LogP contribution in [0.2, 0.25) is 5.02 Å². The van der Waals surface area contributed by atoms with Crippen LogP contribution in [0.15, 0.2) is 47.5 Å². The summed E-state index contributed by atoms with van der Waals surface area (Å²) < 4.78 is 0.761. The molecule has 1 aliphatic rings. The van der Waals surface area contributed by atoms with Gasteiger partial charge in [0.15, 0.2) is 7.05 Å². The molecule has 6 heteroatoms. The van der Waals surface area contributed by atoms with Crippen LogP contribution in [0.1, 0.15) is 11.1 Å². The van der Waals surface area contributed by atoms with Gasteiger partial charge in [0.05, 0.1) is 11.4 Å². The molecule has 110 valence electrons. The summed E-state index contributed by atoms with van der Waals surface area (Å²) in [4.78, 5) is 27.7. The van der Waals surface area contributed by atoms with E-state index in [0.29, 0.717) is 27.7 Å². The predicted octanol–water partition coefficient (Wildman–Crippen LogP) is 3.17. The quantitative estimate of drug-likeness (QED) is 0.865. The Bertz CT molecular complexity index is 815. The van der Waals surface area contributed by atoms with E-state index in [2.05, 4.69) is 10.3 Å². The molecule has 1 amide bonds. The fourth-order valence-corrected chi connectivity index (χ4v) is 2.57. The number of nitrogens with zero attached hydrogens (tertiary/aromatic N) is 2. The number of nitrogens with one attached hydrogen (secondary N) is 1. The van der Waals surface area contributed by atoms with Crippen molar-refractivity contribution in [3.05, 3.63) is 63.5 Å².